The molecule has 4 rings (SSSR count). The quantitative estimate of drug-likeness (QED) is 0.0863. The van der Waals surface area contributed by atoms with Gasteiger partial charge in [0.2, 0.25) is 13.6 Å². The van der Waals surface area contributed by atoms with E-state index in [0.717, 1.165) is 0 Å². The predicted molar refractivity (Wildman–Crippen MR) is 185 cm³/mol. The molecule has 0 unspecified atom stereocenters. The van der Waals surface area contributed by atoms with Crippen molar-refractivity contribution >= 4 is 57.7 Å². The van der Waals surface area contributed by atoms with Gasteiger partial charge in [-0.05, 0) is 59.4 Å². The number of aliphatic hydroxyl groups is 2. The molecule has 0 spiro atoms. The summed E-state index contributed by atoms with van der Waals surface area (Å²) in [6.07, 6.45) is -4.69. The second kappa shape index (κ2) is 16.2. The number of carbonyl (C=O) groups excluding carboxylic acids is 2. The molecule has 2 aliphatic rings. The number of halogens is 2. The fourth-order valence-corrected chi connectivity index (χ4v) is 9.66. The van der Waals surface area contributed by atoms with Gasteiger partial charge in [0.15, 0.2) is 26.7 Å². The zero-order valence-electron chi connectivity index (χ0n) is 29.7. The summed E-state index contributed by atoms with van der Waals surface area (Å²) < 4.78 is 81.8. The van der Waals surface area contributed by atoms with Gasteiger partial charge in [0, 0.05) is 17.6 Å². The van der Waals surface area contributed by atoms with E-state index in [0.29, 0.717) is 23.9 Å². The summed E-state index contributed by atoms with van der Waals surface area (Å²) in [7, 11) is -9.25. The van der Waals surface area contributed by atoms with E-state index in [-0.39, 0.29) is 35.2 Å². The van der Waals surface area contributed by atoms with Crippen LogP contribution in [-0.2, 0) is 47.2 Å². The number of alkyl halides is 1. The van der Waals surface area contributed by atoms with E-state index in [2.05, 4.69) is 10.3 Å². The number of aliphatic hydroxyl groups excluding tert-OH is 2. The van der Waals surface area contributed by atoms with Gasteiger partial charge in [0.25, 0.3) is 0 Å². The third-order valence-electron chi connectivity index (χ3n) is 9.49. The number of sulfone groups is 1. The van der Waals surface area contributed by atoms with E-state index in [4.69, 9.17) is 34.9 Å². The van der Waals surface area contributed by atoms with Crippen LogP contribution in [0.25, 0.3) is 11.0 Å². The molecule has 20 heteroatoms. The molecule has 4 atom stereocenters. The Kier molecular flexibility index (Phi) is 13.1. The van der Waals surface area contributed by atoms with Gasteiger partial charge in [-0.1, -0.05) is 25.4 Å². The van der Waals surface area contributed by atoms with Gasteiger partial charge >= 0.3 is 19.5 Å². The summed E-state index contributed by atoms with van der Waals surface area (Å²) in [5.74, 6) is -2.40. The Labute approximate surface area is 306 Å². The maximum atomic E-state index is 13.8. The molecule has 0 bridgehead atoms. The monoisotopic (exact) mass is 794 g/mol. The van der Waals surface area contributed by atoms with Gasteiger partial charge in [-0.25, -0.2) is 17.8 Å². The molecule has 0 radical (unpaired) electrons. The molecular weight excluding hydrogens is 750 g/mol. The van der Waals surface area contributed by atoms with Gasteiger partial charge in [-0.2, -0.15) is 5.26 Å². The highest BCUT2D eigenvalue weighted by Crippen LogP contribution is 2.50. The number of pyridine rings is 1. The number of rotatable bonds is 17. The fraction of sp³-hybridized carbons (Fsp3) is 0.688. The molecule has 1 aliphatic heterocycles. The minimum atomic E-state index is -4.72. The largest absolute Gasteiger partial charge is 0.438 e. The van der Waals surface area contributed by atoms with Crippen molar-refractivity contribution in [2.45, 2.75) is 104 Å². The van der Waals surface area contributed by atoms with Crippen molar-refractivity contribution < 1.29 is 60.4 Å². The zero-order chi connectivity index (χ0) is 38.8. The van der Waals surface area contributed by atoms with Crippen LogP contribution in [0.2, 0.25) is 5.15 Å². The van der Waals surface area contributed by atoms with Crippen molar-refractivity contribution in [3.05, 3.63) is 23.0 Å². The third-order valence-corrected chi connectivity index (χ3v) is 14.4. The molecule has 2 aromatic rings. The van der Waals surface area contributed by atoms with Crippen LogP contribution in [0, 0.1) is 22.2 Å². The lowest BCUT2D eigenvalue weighted by atomic mass is 9.90. The Morgan fingerprint density at radius 2 is 1.67 bits per heavy atom. The number of esters is 2. The molecule has 52 heavy (non-hydrogen) atoms. The van der Waals surface area contributed by atoms with Crippen molar-refractivity contribution in [1.29, 1.82) is 5.26 Å². The predicted octanol–water partition coefficient (Wildman–Crippen LogP) is 4.57. The van der Waals surface area contributed by atoms with Crippen LogP contribution < -0.4 is 5.32 Å². The molecule has 2 aromatic heterocycles. The second-order valence-corrected chi connectivity index (χ2v) is 19.1. The smallest absolute Gasteiger partial charge is 0.351 e. The average molecular weight is 795 g/mol. The number of fused-ring (bicyclic) bond motifs is 1. The number of ether oxygens (including phenoxy) is 3. The van der Waals surface area contributed by atoms with Crippen LogP contribution in [0.1, 0.15) is 79.0 Å². The summed E-state index contributed by atoms with van der Waals surface area (Å²) in [5.41, 5.74) is -2.71. The molecule has 0 aromatic carbocycles. The number of carbonyl (C=O) groups is 2. The van der Waals surface area contributed by atoms with E-state index in [1.165, 1.54) is 10.8 Å². The van der Waals surface area contributed by atoms with E-state index < -0.39 is 95.7 Å². The Morgan fingerprint density at radius 3 is 2.17 bits per heavy atom. The first-order valence-electron chi connectivity index (χ1n) is 16.6. The van der Waals surface area contributed by atoms with Crippen molar-refractivity contribution in [2.24, 2.45) is 10.8 Å². The van der Waals surface area contributed by atoms with E-state index in [9.17, 15) is 42.4 Å². The number of anilines is 1. The van der Waals surface area contributed by atoms with Gasteiger partial charge < -0.3 is 34.3 Å². The zero-order valence-corrected chi connectivity index (χ0v) is 32.2. The lowest BCUT2D eigenvalue weighted by molar-refractivity contribution is -0.163. The average Bonchev–Trinajstić information content (AvgIpc) is 3.58. The fourth-order valence-electron chi connectivity index (χ4n) is 5.22. The molecule has 16 nitrogen and oxygen atoms in total. The summed E-state index contributed by atoms with van der Waals surface area (Å²) in [6, 6.07) is 3.27. The standard InChI is InChI=1S/C32H45ClFN4O12PS/c1-7-31(3,4)29(41)46-15-48-51(43,49-16-47-30(42)32(5,6)8-2)17-52(44,45)14-22-24(39)25(40)28(50-22)38-10-9-20-23(36-19-11-18(34)12-19)21(13-35)26(33)37-27(20)38/h9-10,18-19,22,24-25,28,39-40H,7-8,11-12,14-17H2,1-6H3,(H,36,37)/t18-,19+,22-,24-,25-,28-/m1/s1. The lowest BCUT2D eigenvalue weighted by Crippen LogP contribution is -2.36. The SMILES string of the molecule is CCC(C)(C)C(=O)OCOP(=O)(CS(=O)(=O)C[C@H]1O[C@@H](n2ccc3c(N[C@H]4C[C@@H](F)C4)c(C#N)c(Cl)nc32)[C@H](O)[C@@H]1O)OCOC(=O)C(C)(C)CC. The van der Waals surface area contributed by atoms with E-state index in [1.807, 2.05) is 6.07 Å². The van der Waals surface area contributed by atoms with Crippen LogP contribution >= 0.6 is 19.2 Å². The molecule has 0 amide bonds. The van der Waals surface area contributed by atoms with Crippen molar-refractivity contribution in [3.8, 4) is 6.07 Å². The third kappa shape index (κ3) is 9.43. The lowest BCUT2D eigenvalue weighted by Gasteiger charge is -2.31. The van der Waals surface area contributed by atoms with Crippen LogP contribution in [0.15, 0.2) is 12.3 Å². The highest BCUT2D eigenvalue weighted by molar-refractivity contribution is 7.97. The van der Waals surface area contributed by atoms with Gasteiger partial charge in [-0.3, -0.25) is 23.2 Å². The molecule has 1 saturated heterocycles. The first-order chi connectivity index (χ1) is 24.2. The maximum absolute atomic E-state index is 13.8. The summed E-state index contributed by atoms with van der Waals surface area (Å²) >= 11 is 6.33. The first-order valence-corrected chi connectivity index (χ1v) is 20.6. The molecular formula is C32H45ClFN4O12PS. The Bertz CT molecular complexity index is 1810. The van der Waals surface area contributed by atoms with Crippen LogP contribution in [-0.4, -0.2) is 95.5 Å². The Morgan fingerprint density at radius 1 is 1.12 bits per heavy atom. The highest BCUT2D eigenvalue weighted by Gasteiger charge is 2.47. The van der Waals surface area contributed by atoms with Gasteiger partial charge in [0.1, 0.15) is 41.8 Å². The molecule has 1 saturated carbocycles. The molecule has 2 fully saturated rings. The molecule has 3 N–H and O–H groups in total. The number of nitrogens with one attached hydrogen (secondary N) is 1. The molecule has 1 aliphatic carbocycles. The van der Waals surface area contributed by atoms with E-state index >= 15 is 0 Å². The highest BCUT2D eigenvalue weighted by atomic mass is 35.5. The minimum Gasteiger partial charge on any atom is -0.438 e. The molecule has 290 valence electrons. The number of hydrogen-bond donors (Lipinski definition) is 3. The van der Waals surface area contributed by atoms with Gasteiger partial charge in [-0.15, -0.1) is 0 Å². The van der Waals surface area contributed by atoms with E-state index in [1.54, 1.807) is 47.6 Å². The summed E-state index contributed by atoms with van der Waals surface area (Å²) in [5, 5.41) is 34.9. The Hall–Kier alpha value is -2.88. The topological polar surface area (TPSA) is 226 Å². The van der Waals surface area contributed by atoms with Crippen molar-refractivity contribution in [3.63, 3.8) is 0 Å². The second-order valence-electron chi connectivity index (χ2n) is 14.2. The van der Waals surface area contributed by atoms with Crippen LogP contribution in [0.3, 0.4) is 0 Å². The Balaban J connectivity index is 1.52. The maximum Gasteiger partial charge on any atom is 0.351 e. The first kappa shape index (κ1) is 41.9. The number of nitriles is 1. The summed E-state index contributed by atoms with van der Waals surface area (Å²) in [4.78, 5) is 29.1. The van der Waals surface area contributed by atoms with Gasteiger partial charge in [0.05, 0.1) is 22.3 Å². The van der Waals surface area contributed by atoms with Crippen molar-refractivity contribution in [1.82, 2.24) is 9.55 Å². The number of nitrogens with zero attached hydrogens (tertiary/aromatic N) is 3. The normalized spacial score (nSPS) is 23.9. The summed E-state index contributed by atoms with van der Waals surface area (Å²) in [6.45, 7) is 8.05. The van der Waals surface area contributed by atoms with Crippen molar-refractivity contribution in [2.75, 3.05) is 30.1 Å². The minimum absolute atomic E-state index is 0.0210. The van der Waals surface area contributed by atoms with Crippen LogP contribution in [0.5, 0.6) is 0 Å². The number of hydrogen-bond acceptors (Lipinski definition) is 15. The van der Waals surface area contributed by atoms with Crippen LogP contribution in [0.4, 0.5) is 10.1 Å². The number of aromatic nitrogens is 2. The molecule has 3 heterocycles.